The van der Waals surface area contributed by atoms with Crippen LogP contribution >= 0.6 is 0 Å². The Bertz CT molecular complexity index is 998. The Morgan fingerprint density at radius 2 is 1.77 bits per heavy atom. The summed E-state index contributed by atoms with van der Waals surface area (Å²) in [6, 6.07) is 16.5. The van der Waals surface area contributed by atoms with Crippen LogP contribution in [0.15, 0.2) is 54.6 Å². The Balaban J connectivity index is 1.72. The minimum atomic E-state index is -0.786. The third-order valence-corrected chi connectivity index (χ3v) is 5.68. The van der Waals surface area contributed by atoms with Gasteiger partial charge in [-0.2, -0.15) is 0 Å². The number of carbonyl (C=O) groups excluding carboxylic acids is 3. The molecule has 1 fully saturated rings. The maximum Gasteiger partial charge on any atom is 0.307 e. The highest BCUT2D eigenvalue weighted by Crippen LogP contribution is 2.18. The maximum atomic E-state index is 13.2. The number of hydrogen-bond acceptors (Lipinski definition) is 7. The van der Waals surface area contributed by atoms with Gasteiger partial charge in [0.05, 0.1) is 39.9 Å². The van der Waals surface area contributed by atoms with Crippen molar-refractivity contribution in [3.8, 4) is 11.5 Å². The van der Waals surface area contributed by atoms with Gasteiger partial charge >= 0.3 is 5.97 Å². The molecule has 3 rings (SSSR count). The molecular weight excluding hydrogens is 452 g/mol. The molecule has 0 bridgehead atoms. The van der Waals surface area contributed by atoms with E-state index in [1.807, 2.05) is 42.5 Å². The molecule has 2 atom stereocenters. The van der Waals surface area contributed by atoms with Crippen LogP contribution in [0.5, 0.6) is 11.5 Å². The zero-order valence-electron chi connectivity index (χ0n) is 20.3. The van der Waals surface area contributed by atoms with Gasteiger partial charge in [-0.05, 0) is 36.8 Å². The molecule has 0 aromatic heterocycles. The molecular formula is C26H32N2O7. The minimum Gasteiger partial charge on any atom is -0.497 e. The number of para-hydroxylation sites is 1. The summed E-state index contributed by atoms with van der Waals surface area (Å²) < 4.78 is 21.9. The number of rotatable bonds is 10. The number of benzene rings is 2. The second-order valence-corrected chi connectivity index (χ2v) is 8.24. The summed E-state index contributed by atoms with van der Waals surface area (Å²) in [6.45, 7) is 2.46. The van der Waals surface area contributed by atoms with Gasteiger partial charge in [-0.1, -0.05) is 30.3 Å². The molecule has 0 unspecified atom stereocenters. The molecule has 0 saturated carbocycles. The fraction of sp³-hybridized carbons (Fsp3) is 0.423. The average molecular weight is 485 g/mol. The van der Waals surface area contributed by atoms with E-state index in [1.54, 1.807) is 31.1 Å². The molecule has 0 aliphatic carbocycles. The summed E-state index contributed by atoms with van der Waals surface area (Å²) in [5, 5.41) is 0. The first-order valence-electron chi connectivity index (χ1n) is 11.5. The van der Waals surface area contributed by atoms with E-state index in [0.717, 1.165) is 5.56 Å². The molecule has 9 heteroatoms. The molecule has 1 aliphatic heterocycles. The van der Waals surface area contributed by atoms with Crippen LogP contribution in [0.1, 0.15) is 18.9 Å². The van der Waals surface area contributed by atoms with E-state index in [9.17, 15) is 14.4 Å². The minimum absolute atomic E-state index is 0.0618. The molecule has 2 amide bonds. The molecule has 0 radical (unpaired) electrons. The molecule has 2 aromatic rings. The van der Waals surface area contributed by atoms with Gasteiger partial charge in [0.25, 0.3) is 5.91 Å². The van der Waals surface area contributed by atoms with E-state index >= 15 is 0 Å². The van der Waals surface area contributed by atoms with Crippen molar-refractivity contribution >= 4 is 17.8 Å². The normalized spacial score (nSPS) is 16.9. The number of hydrogen-bond donors (Lipinski definition) is 0. The van der Waals surface area contributed by atoms with Crippen molar-refractivity contribution in [3.63, 3.8) is 0 Å². The van der Waals surface area contributed by atoms with Crippen molar-refractivity contribution in [1.82, 2.24) is 9.80 Å². The number of esters is 1. The third-order valence-electron chi connectivity index (χ3n) is 5.68. The summed E-state index contributed by atoms with van der Waals surface area (Å²) in [5.41, 5.74) is 0.902. The molecule has 1 heterocycles. The predicted octanol–water partition coefficient (Wildman–Crippen LogP) is 2.28. The summed E-state index contributed by atoms with van der Waals surface area (Å²) >= 11 is 0. The first kappa shape index (κ1) is 26.0. The Labute approximate surface area is 205 Å². The lowest BCUT2D eigenvalue weighted by atomic mass is 10.2. The molecule has 1 saturated heterocycles. The van der Waals surface area contributed by atoms with E-state index in [2.05, 4.69) is 0 Å². The van der Waals surface area contributed by atoms with Gasteiger partial charge in [-0.3, -0.25) is 14.4 Å². The SMILES string of the molecule is COC(=O)CCN1C[C@H](OCc2cccc(OC)c2)CN(C(=O)[C@H](C)Oc2ccccc2)CC1=O. The number of methoxy groups -OCH3 is 2. The van der Waals surface area contributed by atoms with Crippen LogP contribution in [0.25, 0.3) is 0 Å². The Morgan fingerprint density at radius 1 is 1.03 bits per heavy atom. The Morgan fingerprint density at radius 3 is 2.49 bits per heavy atom. The van der Waals surface area contributed by atoms with E-state index in [0.29, 0.717) is 11.5 Å². The summed E-state index contributed by atoms with van der Waals surface area (Å²) in [4.78, 5) is 40.8. The standard InChI is InChI=1S/C26H32N2O7/c1-19(35-21-9-5-4-6-10-21)26(31)28-16-23(34-18-20-8-7-11-22(14-20)32-2)15-27(24(29)17-28)13-12-25(30)33-3/h4-11,14,19,23H,12-13,15-18H2,1-3H3/t19-,23-/m0/s1. The van der Waals surface area contributed by atoms with Crippen molar-refractivity contribution in [2.24, 2.45) is 0 Å². The summed E-state index contributed by atoms with van der Waals surface area (Å²) in [7, 11) is 2.90. The lowest BCUT2D eigenvalue weighted by Crippen LogP contribution is -2.45. The van der Waals surface area contributed by atoms with Crippen molar-refractivity contribution in [1.29, 1.82) is 0 Å². The fourth-order valence-electron chi connectivity index (χ4n) is 3.78. The van der Waals surface area contributed by atoms with Crippen LogP contribution in [0.3, 0.4) is 0 Å². The van der Waals surface area contributed by atoms with Gasteiger partial charge in [0.15, 0.2) is 6.10 Å². The third kappa shape index (κ3) is 7.71. The van der Waals surface area contributed by atoms with Crippen LogP contribution in [0, 0.1) is 0 Å². The molecule has 2 aromatic carbocycles. The number of carbonyl (C=O) groups is 3. The van der Waals surface area contributed by atoms with E-state index in [4.69, 9.17) is 18.9 Å². The van der Waals surface area contributed by atoms with Crippen molar-refractivity contribution in [3.05, 3.63) is 60.2 Å². The molecule has 35 heavy (non-hydrogen) atoms. The van der Waals surface area contributed by atoms with Gasteiger partial charge in [-0.25, -0.2) is 0 Å². The van der Waals surface area contributed by atoms with E-state index < -0.39 is 18.2 Å². The van der Waals surface area contributed by atoms with Crippen LogP contribution < -0.4 is 9.47 Å². The predicted molar refractivity (Wildman–Crippen MR) is 128 cm³/mol. The summed E-state index contributed by atoms with van der Waals surface area (Å²) in [6.07, 6.45) is -1.18. The van der Waals surface area contributed by atoms with Gasteiger partial charge in [0.1, 0.15) is 11.5 Å². The fourth-order valence-corrected chi connectivity index (χ4v) is 3.78. The number of amides is 2. The highest BCUT2D eigenvalue weighted by molar-refractivity contribution is 5.87. The van der Waals surface area contributed by atoms with Crippen LogP contribution in [-0.4, -0.2) is 80.2 Å². The Hall–Kier alpha value is -3.59. The Kier molecular flexibility index (Phi) is 9.48. The lowest BCUT2D eigenvalue weighted by Gasteiger charge is -2.26. The highest BCUT2D eigenvalue weighted by Gasteiger charge is 2.33. The zero-order valence-corrected chi connectivity index (χ0v) is 20.3. The van der Waals surface area contributed by atoms with Gasteiger partial charge in [-0.15, -0.1) is 0 Å². The molecule has 0 spiro atoms. The molecule has 9 nitrogen and oxygen atoms in total. The molecule has 0 N–H and O–H groups in total. The topological polar surface area (TPSA) is 94.6 Å². The van der Waals surface area contributed by atoms with Crippen molar-refractivity contribution in [2.45, 2.75) is 32.2 Å². The molecule has 188 valence electrons. The monoisotopic (exact) mass is 484 g/mol. The largest absolute Gasteiger partial charge is 0.497 e. The highest BCUT2D eigenvalue weighted by atomic mass is 16.5. The quantitative estimate of drug-likeness (QED) is 0.478. The summed E-state index contributed by atoms with van der Waals surface area (Å²) in [5.74, 6) is 0.299. The molecule has 1 aliphatic rings. The van der Waals surface area contributed by atoms with Crippen molar-refractivity contribution in [2.75, 3.05) is 40.4 Å². The van der Waals surface area contributed by atoms with Crippen LogP contribution in [0.4, 0.5) is 0 Å². The van der Waals surface area contributed by atoms with Crippen molar-refractivity contribution < 1.29 is 33.3 Å². The van der Waals surface area contributed by atoms with Gasteiger partial charge < -0.3 is 28.7 Å². The first-order valence-corrected chi connectivity index (χ1v) is 11.5. The van der Waals surface area contributed by atoms with E-state index in [1.165, 1.54) is 12.0 Å². The smallest absolute Gasteiger partial charge is 0.307 e. The van der Waals surface area contributed by atoms with Crippen LogP contribution in [0.2, 0.25) is 0 Å². The second kappa shape index (κ2) is 12.8. The zero-order chi connectivity index (χ0) is 25.2. The van der Waals surface area contributed by atoms with Gasteiger partial charge in [0, 0.05) is 19.6 Å². The van der Waals surface area contributed by atoms with Gasteiger partial charge in [0.2, 0.25) is 5.91 Å². The van der Waals surface area contributed by atoms with Crippen LogP contribution in [-0.2, 0) is 30.5 Å². The maximum absolute atomic E-state index is 13.2. The lowest BCUT2D eigenvalue weighted by molar-refractivity contribution is -0.144. The number of ether oxygens (including phenoxy) is 4. The second-order valence-electron chi connectivity index (χ2n) is 8.24. The van der Waals surface area contributed by atoms with E-state index in [-0.39, 0.29) is 51.0 Å². The number of nitrogens with zero attached hydrogens (tertiary/aromatic N) is 2. The first-order chi connectivity index (χ1) is 16.9. The average Bonchev–Trinajstić information content (AvgIpc) is 3.04.